The molecule has 0 unspecified atom stereocenters. The highest BCUT2D eigenvalue weighted by Crippen LogP contribution is 2.15. The molecule has 0 aliphatic rings. The van der Waals surface area contributed by atoms with Crippen molar-refractivity contribution in [2.24, 2.45) is 5.10 Å². The molecule has 2 rings (SSSR count). The Kier molecular flexibility index (Phi) is 6.33. The van der Waals surface area contributed by atoms with Crippen LogP contribution in [0.3, 0.4) is 0 Å². The van der Waals surface area contributed by atoms with Crippen LogP contribution >= 0.6 is 11.6 Å². The number of halogens is 1. The second-order valence-electron chi connectivity index (χ2n) is 4.84. The van der Waals surface area contributed by atoms with E-state index in [2.05, 4.69) is 15.8 Å². The number of nitrogens with one attached hydrogen (secondary N) is 2. The number of nitrogens with zero attached hydrogens (tertiary/aromatic N) is 1. The molecular weight excluding hydrogens is 330 g/mol. The van der Waals surface area contributed by atoms with Crippen LogP contribution in [-0.2, 0) is 9.59 Å². The van der Waals surface area contributed by atoms with Gasteiger partial charge in [-0.25, -0.2) is 5.43 Å². The Balaban J connectivity index is 1.76. The van der Waals surface area contributed by atoms with E-state index in [0.29, 0.717) is 16.5 Å². The lowest BCUT2D eigenvalue weighted by Crippen LogP contribution is -2.24. The first-order valence-corrected chi connectivity index (χ1v) is 7.48. The number of hydrogen-bond donors (Lipinski definition) is 2. The number of carbonyl (C=O) groups is 2. The zero-order valence-electron chi connectivity index (χ0n) is 13.0. The van der Waals surface area contributed by atoms with Gasteiger partial charge < -0.3 is 10.1 Å². The number of rotatable bonds is 6. The molecule has 0 atom stereocenters. The van der Waals surface area contributed by atoms with E-state index in [-0.39, 0.29) is 18.4 Å². The summed E-state index contributed by atoms with van der Waals surface area (Å²) in [7, 11) is 0. The van der Waals surface area contributed by atoms with Crippen LogP contribution in [0.2, 0.25) is 5.02 Å². The Labute approximate surface area is 144 Å². The van der Waals surface area contributed by atoms with Crippen molar-refractivity contribution >= 4 is 35.3 Å². The van der Waals surface area contributed by atoms with Crippen LogP contribution in [-0.4, -0.2) is 24.6 Å². The van der Waals surface area contributed by atoms with Crippen LogP contribution in [0.4, 0.5) is 5.69 Å². The first kappa shape index (κ1) is 17.5. The molecule has 0 spiro atoms. The number of anilines is 1. The van der Waals surface area contributed by atoms with Gasteiger partial charge in [0.25, 0.3) is 5.91 Å². The Hall–Kier alpha value is -2.86. The minimum Gasteiger partial charge on any atom is -0.484 e. The van der Waals surface area contributed by atoms with Gasteiger partial charge in [0.1, 0.15) is 5.75 Å². The average molecular weight is 346 g/mol. The lowest BCUT2D eigenvalue weighted by atomic mass is 10.2. The minimum atomic E-state index is -0.383. The van der Waals surface area contributed by atoms with Gasteiger partial charge in [-0.3, -0.25) is 9.59 Å². The van der Waals surface area contributed by atoms with Gasteiger partial charge in [-0.1, -0.05) is 23.7 Å². The standard InChI is InChI=1S/C17H16ClN3O3/c1-12(22)20-15-6-8-16(9-7-15)24-11-17(23)21-19-10-13-2-4-14(18)5-3-13/h2-10H,11H2,1H3,(H,20,22)(H,21,23). The van der Waals surface area contributed by atoms with Crippen molar-refractivity contribution < 1.29 is 14.3 Å². The second kappa shape index (κ2) is 8.69. The normalized spacial score (nSPS) is 10.4. The quantitative estimate of drug-likeness (QED) is 0.624. The third-order valence-corrected chi connectivity index (χ3v) is 3.07. The van der Waals surface area contributed by atoms with Crippen LogP contribution < -0.4 is 15.5 Å². The Morgan fingerprint density at radius 1 is 1.12 bits per heavy atom. The summed E-state index contributed by atoms with van der Waals surface area (Å²) in [5.41, 5.74) is 3.84. The molecule has 2 N–H and O–H groups in total. The molecule has 0 saturated carbocycles. The molecule has 0 aromatic heterocycles. The van der Waals surface area contributed by atoms with Crippen molar-refractivity contribution in [1.82, 2.24) is 5.43 Å². The van der Waals surface area contributed by atoms with Crippen molar-refractivity contribution in [3.05, 3.63) is 59.1 Å². The first-order valence-electron chi connectivity index (χ1n) is 7.11. The van der Waals surface area contributed by atoms with Crippen molar-refractivity contribution in [3.8, 4) is 5.75 Å². The van der Waals surface area contributed by atoms with Crippen molar-refractivity contribution in [3.63, 3.8) is 0 Å². The predicted molar refractivity (Wildman–Crippen MR) is 93.4 cm³/mol. The molecule has 24 heavy (non-hydrogen) atoms. The van der Waals surface area contributed by atoms with Crippen LogP contribution in [0.5, 0.6) is 5.75 Å². The van der Waals surface area contributed by atoms with E-state index in [1.807, 2.05) is 0 Å². The van der Waals surface area contributed by atoms with Crippen LogP contribution in [0, 0.1) is 0 Å². The number of ether oxygens (including phenoxy) is 1. The van der Waals surface area contributed by atoms with Crippen LogP contribution in [0.25, 0.3) is 0 Å². The summed E-state index contributed by atoms with van der Waals surface area (Å²) in [4.78, 5) is 22.6. The number of amides is 2. The Morgan fingerprint density at radius 2 is 1.79 bits per heavy atom. The summed E-state index contributed by atoms with van der Waals surface area (Å²) in [5, 5.41) is 7.11. The van der Waals surface area contributed by atoms with Gasteiger partial charge >= 0.3 is 0 Å². The highest BCUT2D eigenvalue weighted by atomic mass is 35.5. The Morgan fingerprint density at radius 3 is 2.42 bits per heavy atom. The van der Waals surface area contributed by atoms with Crippen LogP contribution in [0.1, 0.15) is 12.5 Å². The van der Waals surface area contributed by atoms with Crippen molar-refractivity contribution in [2.45, 2.75) is 6.92 Å². The highest BCUT2D eigenvalue weighted by Gasteiger charge is 2.02. The molecule has 2 amide bonds. The summed E-state index contributed by atoms with van der Waals surface area (Å²) in [6, 6.07) is 13.7. The molecule has 0 radical (unpaired) electrons. The molecule has 0 fully saturated rings. The van der Waals surface area contributed by atoms with E-state index in [4.69, 9.17) is 16.3 Å². The van der Waals surface area contributed by atoms with Crippen LogP contribution in [0.15, 0.2) is 53.6 Å². The maximum absolute atomic E-state index is 11.6. The van der Waals surface area contributed by atoms with Gasteiger partial charge in [-0.15, -0.1) is 0 Å². The van der Waals surface area contributed by atoms with Gasteiger partial charge in [0, 0.05) is 17.6 Å². The minimum absolute atomic E-state index is 0.151. The third kappa shape index (κ3) is 6.10. The molecule has 0 bridgehead atoms. The van der Waals surface area contributed by atoms with E-state index in [1.165, 1.54) is 13.1 Å². The SMILES string of the molecule is CC(=O)Nc1ccc(OCC(=O)NN=Cc2ccc(Cl)cc2)cc1. The van der Waals surface area contributed by atoms with E-state index in [0.717, 1.165) is 5.56 Å². The maximum Gasteiger partial charge on any atom is 0.277 e. The monoisotopic (exact) mass is 345 g/mol. The zero-order valence-corrected chi connectivity index (χ0v) is 13.7. The summed E-state index contributed by atoms with van der Waals surface area (Å²) >= 11 is 5.78. The summed E-state index contributed by atoms with van der Waals surface area (Å²) < 4.78 is 5.33. The molecule has 0 saturated heterocycles. The summed E-state index contributed by atoms with van der Waals surface area (Å²) in [6.07, 6.45) is 1.51. The summed E-state index contributed by atoms with van der Waals surface area (Å²) in [6.45, 7) is 1.26. The van der Waals surface area contributed by atoms with Gasteiger partial charge in [0.05, 0.1) is 6.21 Å². The fourth-order valence-electron chi connectivity index (χ4n) is 1.75. The predicted octanol–water partition coefficient (Wildman–Crippen LogP) is 2.83. The van der Waals surface area contributed by atoms with E-state index in [1.54, 1.807) is 48.5 Å². The maximum atomic E-state index is 11.6. The number of benzene rings is 2. The van der Waals surface area contributed by atoms with Gasteiger partial charge in [0.2, 0.25) is 5.91 Å². The fourth-order valence-corrected chi connectivity index (χ4v) is 1.87. The zero-order chi connectivity index (χ0) is 17.4. The topological polar surface area (TPSA) is 79.8 Å². The molecular formula is C17H16ClN3O3. The largest absolute Gasteiger partial charge is 0.484 e. The van der Waals surface area contributed by atoms with Gasteiger partial charge in [0.15, 0.2) is 6.61 Å². The smallest absolute Gasteiger partial charge is 0.277 e. The lowest BCUT2D eigenvalue weighted by molar-refractivity contribution is -0.123. The lowest BCUT2D eigenvalue weighted by Gasteiger charge is -2.06. The van der Waals surface area contributed by atoms with E-state index >= 15 is 0 Å². The molecule has 0 aliphatic carbocycles. The van der Waals surface area contributed by atoms with E-state index in [9.17, 15) is 9.59 Å². The molecule has 0 heterocycles. The van der Waals surface area contributed by atoms with E-state index < -0.39 is 0 Å². The molecule has 0 aliphatic heterocycles. The number of hydrogen-bond acceptors (Lipinski definition) is 4. The molecule has 7 heteroatoms. The molecule has 2 aromatic rings. The van der Waals surface area contributed by atoms with Crippen molar-refractivity contribution in [1.29, 1.82) is 0 Å². The number of carbonyl (C=O) groups excluding carboxylic acids is 2. The second-order valence-corrected chi connectivity index (χ2v) is 5.28. The molecule has 2 aromatic carbocycles. The first-order chi connectivity index (χ1) is 11.5. The Bertz CT molecular complexity index is 728. The van der Waals surface area contributed by atoms with Crippen molar-refractivity contribution in [2.75, 3.05) is 11.9 Å². The summed E-state index contributed by atoms with van der Waals surface area (Å²) in [5.74, 6) is -0.0197. The average Bonchev–Trinajstić information content (AvgIpc) is 2.55. The van der Waals surface area contributed by atoms with Gasteiger partial charge in [-0.2, -0.15) is 5.10 Å². The molecule has 124 valence electrons. The molecule has 6 nitrogen and oxygen atoms in total. The number of hydrazone groups is 1. The fraction of sp³-hybridized carbons (Fsp3) is 0.118. The van der Waals surface area contributed by atoms with Gasteiger partial charge in [-0.05, 0) is 42.0 Å². The highest BCUT2D eigenvalue weighted by molar-refractivity contribution is 6.30. The third-order valence-electron chi connectivity index (χ3n) is 2.82.